The maximum atomic E-state index is 5.93. The number of rotatable bonds is 4. The van der Waals surface area contributed by atoms with Gasteiger partial charge in [0.1, 0.15) is 0 Å². The molecule has 1 N–H and O–H groups in total. The first-order valence-electron chi connectivity index (χ1n) is 4.77. The zero-order valence-corrected chi connectivity index (χ0v) is 9.43. The Morgan fingerprint density at radius 2 is 2.21 bits per heavy atom. The predicted octanol–water partition coefficient (Wildman–Crippen LogP) is 3.48. The molecule has 1 rings (SSSR count). The lowest BCUT2D eigenvalue weighted by atomic mass is 10.1. The largest absolute Gasteiger partial charge is 0.310 e. The molecule has 1 aromatic rings. The van der Waals surface area contributed by atoms with Gasteiger partial charge < -0.3 is 5.32 Å². The summed E-state index contributed by atoms with van der Waals surface area (Å²) in [5.74, 6) is 0. The lowest BCUT2D eigenvalue weighted by Crippen LogP contribution is -2.22. The van der Waals surface area contributed by atoms with Crippen LogP contribution in [-0.4, -0.2) is 6.04 Å². The summed E-state index contributed by atoms with van der Waals surface area (Å²) in [5, 5.41) is 4.13. The van der Waals surface area contributed by atoms with Crippen molar-refractivity contribution >= 4 is 17.7 Å². The highest BCUT2D eigenvalue weighted by Crippen LogP contribution is 2.17. The van der Waals surface area contributed by atoms with E-state index in [1.165, 1.54) is 5.56 Å². The molecule has 0 fully saturated rings. The molecule has 0 amide bonds. The second-order valence-corrected chi connectivity index (χ2v) is 4.02. The van der Waals surface area contributed by atoms with Gasteiger partial charge in [0.15, 0.2) is 0 Å². The van der Waals surface area contributed by atoms with Gasteiger partial charge in [-0.25, -0.2) is 0 Å². The van der Waals surface area contributed by atoms with Crippen molar-refractivity contribution in [2.75, 3.05) is 0 Å². The summed E-state index contributed by atoms with van der Waals surface area (Å²) in [7, 11) is 0. The summed E-state index contributed by atoms with van der Waals surface area (Å²) >= 11 is 5.93. The van der Waals surface area contributed by atoms with Crippen LogP contribution in [0.2, 0.25) is 5.02 Å². The van der Waals surface area contributed by atoms with E-state index >= 15 is 0 Å². The zero-order chi connectivity index (χ0) is 10.6. The number of benzene rings is 1. The predicted molar refractivity (Wildman–Crippen MR) is 63.5 cm³/mol. The monoisotopic (exact) mass is 209 g/mol. The molecule has 14 heavy (non-hydrogen) atoms. The van der Waals surface area contributed by atoms with Gasteiger partial charge >= 0.3 is 0 Å². The van der Waals surface area contributed by atoms with E-state index in [4.69, 9.17) is 11.6 Å². The van der Waals surface area contributed by atoms with Crippen molar-refractivity contribution in [3.05, 3.63) is 40.9 Å². The van der Waals surface area contributed by atoms with Crippen molar-refractivity contribution in [3.63, 3.8) is 0 Å². The van der Waals surface area contributed by atoms with E-state index < -0.39 is 0 Å². The fourth-order valence-electron chi connectivity index (χ4n) is 1.24. The molecule has 2 heteroatoms. The molecule has 0 spiro atoms. The molecule has 0 unspecified atom stereocenters. The SMILES string of the molecule is C=Cc1ccc(Cl)cc1CNC(C)C. The Balaban J connectivity index is 2.82. The molecule has 1 nitrogen and oxygen atoms in total. The molecule has 0 aliphatic carbocycles. The Labute approximate surface area is 90.8 Å². The topological polar surface area (TPSA) is 12.0 Å². The first kappa shape index (κ1) is 11.3. The van der Waals surface area contributed by atoms with Crippen LogP contribution in [0.1, 0.15) is 25.0 Å². The third kappa shape index (κ3) is 3.17. The highest BCUT2D eigenvalue weighted by atomic mass is 35.5. The first-order valence-corrected chi connectivity index (χ1v) is 5.15. The summed E-state index contributed by atoms with van der Waals surface area (Å²) in [6.07, 6.45) is 1.85. The Bertz CT molecular complexity index is 318. The van der Waals surface area contributed by atoms with Crippen molar-refractivity contribution < 1.29 is 0 Å². The Hall–Kier alpha value is -0.790. The minimum Gasteiger partial charge on any atom is -0.310 e. The summed E-state index contributed by atoms with van der Waals surface area (Å²) < 4.78 is 0. The fraction of sp³-hybridized carbons (Fsp3) is 0.333. The molecular weight excluding hydrogens is 194 g/mol. The van der Waals surface area contributed by atoms with E-state index in [0.29, 0.717) is 6.04 Å². The molecule has 1 aromatic carbocycles. The minimum absolute atomic E-state index is 0.478. The molecule has 0 saturated heterocycles. The van der Waals surface area contributed by atoms with Crippen LogP contribution in [0.5, 0.6) is 0 Å². The standard InChI is InChI=1S/C12H16ClN/c1-4-10-5-6-12(13)7-11(10)8-14-9(2)3/h4-7,9,14H,1,8H2,2-3H3. The Morgan fingerprint density at radius 1 is 1.50 bits per heavy atom. The van der Waals surface area contributed by atoms with Crippen LogP contribution in [0.25, 0.3) is 6.08 Å². The average Bonchev–Trinajstić information content (AvgIpc) is 2.15. The van der Waals surface area contributed by atoms with Gasteiger partial charge in [0.2, 0.25) is 0 Å². The van der Waals surface area contributed by atoms with Crippen LogP contribution in [-0.2, 0) is 6.54 Å². The summed E-state index contributed by atoms with van der Waals surface area (Å²) in [4.78, 5) is 0. The van der Waals surface area contributed by atoms with Gasteiger partial charge in [-0.15, -0.1) is 0 Å². The van der Waals surface area contributed by atoms with Crippen molar-refractivity contribution in [2.45, 2.75) is 26.4 Å². The van der Waals surface area contributed by atoms with Gasteiger partial charge in [-0.05, 0) is 23.3 Å². The highest BCUT2D eigenvalue weighted by molar-refractivity contribution is 6.30. The van der Waals surface area contributed by atoms with Crippen molar-refractivity contribution in [1.82, 2.24) is 5.32 Å². The molecule has 0 radical (unpaired) electrons. The molecule has 0 saturated carbocycles. The smallest absolute Gasteiger partial charge is 0.0409 e. The van der Waals surface area contributed by atoms with Crippen LogP contribution in [0.3, 0.4) is 0 Å². The van der Waals surface area contributed by atoms with E-state index in [1.54, 1.807) is 0 Å². The summed E-state index contributed by atoms with van der Waals surface area (Å²) in [6.45, 7) is 8.86. The van der Waals surface area contributed by atoms with Crippen LogP contribution in [0.15, 0.2) is 24.8 Å². The molecule has 0 aromatic heterocycles. The average molecular weight is 210 g/mol. The zero-order valence-electron chi connectivity index (χ0n) is 8.68. The fourth-order valence-corrected chi connectivity index (χ4v) is 1.44. The minimum atomic E-state index is 0.478. The second-order valence-electron chi connectivity index (χ2n) is 3.58. The van der Waals surface area contributed by atoms with E-state index in [9.17, 15) is 0 Å². The van der Waals surface area contributed by atoms with Crippen molar-refractivity contribution in [1.29, 1.82) is 0 Å². The number of nitrogens with one attached hydrogen (secondary N) is 1. The number of hydrogen-bond donors (Lipinski definition) is 1. The van der Waals surface area contributed by atoms with Gasteiger partial charge in [0.05, 0.1) is 0 Å². The summed E-state index contributed by atoms with van der Waals surface area (Å²) in [5.41, 5.74) is 2.34. The Kier molecular flexibility index (Phi) is 4.18. The quantitative estimate of drug-likeness (QED) is 0.801. The summed E-state index contributed by atoms with van der Waals surface area (Å²) in [6, 6.07) is 6.34. The molecular formula is C12H16ClN. The molecule has 76 valence electrons. The maximum Gasteiger partial charge on any atom is 0.0409 e. The second kappa shape index (κ2) is 5.18. The van der Waals surface area contributed by atoms with E-state index in [2.05, 4.69) is 25.7 Å². The first-order chi connectivity index (χ1) is 6.63. The number of halogens is 1. The van der Waals surface area contributed by atoms with Gasteiger partial charge in [0, 0.05) is 17.6 Å². The van der Waals surface area contributed by atoms with Gasteiger partial charge in [-0.1, -0.05) is 44.2 Å². The molecule has 0 aliphatic rings. The van der Waals surface area contributed by atoms with Gasteiger partial charge in [-0.2, -0.15) is 0 Å². The van der Waals surface area contributed by atoms with Crippen molar-refractivity contribution in [3.8, 4) is 0 Å². The van der Waals surface area contributed by atoms with E-state index in [1.807, 2.05) is 24.3 Å². The third-order valence-electron chi connectivity index (χ3n) is 2.03. The van der Waals surface area contributed by atoms with E-state index in [-0.39, 0.29) is 0 Å². The lowest BCUT2D eigenvalue weighted by Gasteiger charge is -2.10. The number of hydrogen-bond acceptors (Lipinski definition) is 1. The van der Waals surface area contributed by atoms with Crippen LogP contribution in [0, 0.1) is 0 Å². The molecule has 0 atom stereocenters. The third-order valence-corrected chi connectivity index (χ3v) is 2.26. The van der Waals surface area contributed by atoms with Crippen molar-refractivity contribution in [2.24, 2.45) is 0 Å². The maximum absolute atomic E-state index is 5.93. The Morgan fingerprint density at radius 3 is 2.79 bits per heavy atom. The lowest BCUT2D eigenvalue weighted by molar-refractivity contribution is 0.588. The van der Waals surface area contributed by atoms with Crippen LogP contribution < -0.4 is 5.32 Å². The van der Waals surface area contributed by atoms with Crippen LogP contribution >= 0.6 is 11.6 Å². The van der Waals surface area contributed by atoms with E-state index in [0.717, 1.165) is 17.1 Å². The van der Waals surface area contributed by atoms with Gasteiger partial charge in [-0.3, -0.25) is 0 Å². The molecule has 0 heterocycles. The normalized spacial score (nSPS) is 10.6. The highest BCUT2D eigenvalue weighted by Gasteiger charge is 2.01. The molecule has 0 bridgehead atoms. The molecule has 0 aliphatic heterocycles. The van der Waals surface area contributed by atoms with Crippen LogP contribution in [0.4, 0.5) is 0 Å². The van der Waals surface area contributed by atoms with Gasteiger partial charge in [0.25, 0.3) is 0 Å².